The van der Waals surface area contributed by atoms with E-state index in [1.54, 1.807) is 40.7 Å². The monoisotopic (exact) mass is 501 g/mol. The van der Waals surface area contributed by atoms with E-state index in [9.17, 15) is 39.9 Å². The normalized spacial score (nSPS) is 40.5. The van der Waals surface area contributed by atoms with Crippen LogP contribution in [0.25, 0.3) is 5.57 Å². The number of hydrogen-bond acceptors (Lipinski definition) is 8. The first-order valence-corrected chi connectivity index (χ1v) is 12.2. The Morgan fingerprint density at radius 2 is 1.81 bits per heavy atom. The van der Waals surface area contributed by atoms with Crippen LogP contribution in [-0.4, -0.2) is 60.8 Å². The van der Waals surface area contributed by atoms with E-state index in [0.717, 1.165) is 6.26 Å². The molecule has 0 radical (unpaired) electrons. The van der Waals surface area contributed by atoms with Crippen LogP contribution in [0.1, 0.15) is 62.5 Å². The number of benzene rings is 1. The van der Waals surface area contributed by atoms with Crippen molar-refractivity contribution in [2.45, 2.75) is 65.3 Å². The van der Waals surface area contributed by atoms with Crippen LogP contribution in [0.2, 0.25) is 0 Å². The van der Waals surface area contributed by atoms with Gasteiger partial charge in [0.2, 0.25) is 5.91 Å². The summed E-state index contributed by atoms with van der Waals surface area (Å²) in [5.41, 5.74) is 2.04. The SMILES string of the molecule is C/C(=C/O)c1ccc(O)c2c1C[C@]1(C)C[C@]3(C)[C@@H](C(C)C)C(O)[C@@H](C(N)=O)C(=O)[C@]3(O)C(O)[C@H]1C2=O. The molecule has 2 saturated carbocycles. The number of amides is 1. The number of aliphatic hydroxyl groups excluding tert-OH is 3. The second kappa shape index (κ2) is 8.13. The van der Waals surface area contributed by atoms with Crippen molar-refractivity contribution in [1.29, 1.82) is 0 Å². The predicted molar refractivity (Wildman–Crippen MR) is 130 cm³/mol. The zero-order chi connectivity index (χ0) is 27.1. The van der Waals surface area contributed by atoms with Crippen molar-refractivity contribution >= 4 is 23.0 Å². The van der Waals surface area contributed by atoms with Gasteiger partial charge in [0, 0.05) is 5.41 Å². The molecule has 0 spiro atoms. The minimum Gasteiger partial charge on any atom is -0.515 e. The van der Waals surface area contributed by atoms with E-state index in [-0.39, 0.29) is 30.1 Å². The van der Waals surface area contributed by atoms with Gasteiger partial charge in [-0.25, -0.2) is 0 Å². The van der Waals surface area contributed by atoms with Crippen LogP contribution in [0.15, 0.2) is 18.4 Å². The number of Topliss-reactive ketones (excluding diaryl/α,β-unsaturated/α-hetero) is 2. The number of rotatable bonds is 3. The molecule has 0 heterocycles. The zero-order valence-corrected chi connectivity index (χ0v) is 21.1. The van der Waals surface area contributed by atoms with E-state index in [4.69, 9.17) is 5.73 Å². The van der Waals surface area contributed by atoms with Gasteiger partial charge in [0.15, 0.2) is 17.2 Å². The molecule has 2 unspecified atom stereocenters. The Morgan fingerprint density at radius 1 is 1.19 bits per heavy atom. The second-order valence-electron chi connectivity index (χ2n) is 11.8. The Morgan fingerprint density at radius 3 is 2.33 bits per heavy atom. The van der Waals surface area contributed by atoms with Crippen molar-refractivity contribution in [1.82, 2.24) is 0 Å². The highest BCUT2D eigenvalue weighted by Crippen LogP contribution is 2.65. The average Bonchev–Trinajstić information content (AvgIpc) is 2.75. The molecule has 3 aliphatic carbocycles. The maximum atomic E-state index is 13.9. The largest absolute Gasteiger partial charge is 0.515 e. The molecule has 0 saturated heterocycles. The Hall–Kier alpha value is -2.75. The van der Waals surface area contributed by atoms with Gasteiger partial charge in [-0.1, -0.05) is 33.8 Å². The molecule has 0 aliphatic heterocycles. The molecule has 1 amide bonds. The maximum Gasteiger partial charge on any atom is 0.230 e. The van der Waals surface area contributed by atoms with Crippen molar-refractivity contribution in [3.63, 3.8) is 0 Å². The lowest BCUT2D eigenvalue weighted by atomic mass is 9.39. The Kier molecular flexibility index (Phi) is 5.94. The highest BCUT2D eigenvalue weighted by atomic mass is 16.4. The first kappa shape index (κ1) is 26.3. The number of aliphatic hydroxyl groups is 4. The van der Waals surface area contributed by atoms with Crippen molar-refractivity contribution in [2.75, 3.05) is 0 Å². The van der Waals surface area contributed by atoms with Gasteiger partial charge in [0.1, 0.15) is 17.8 Å². The molecule has 0 bridgehead atoms. The molecule has 2 fully saturated rings. The van der Waals surface area contributed by atoms with Gasteiger partial charge in [-0.3, -0.25) is 14.4 Å². The van der Waals surface area contributed by atoms with Gasteiger partial charge in [-0.15, -0.1) is 0 Å². The minimum atomic E-state index is -2.54. The molecule has 9 nitrogen and oxygen atoms in total. The van der Waals surface area contributed by atoms with E-state index in [2.05, 4.69) is 0 Å². The first-order chi connectivity index (χ1) is 16.6. The van der Waals surface area contributed by atoms with Crippen molar-refractivity contribution in [3.8, 4) is 5.75 Å². The zero-order valence-electron chi connectivity index (χ0n) is 21.1. The molecule has 9 heteroatoms. The second-order valence-corrected chi connectivity index (χ2v) is 11.8. The van der Waals surface area contributed by atoms with Crippen LogP contribution < -0.4 is 5.73 Å². The number of carbonyl (C=O) groups is 3. The Balaban J connectivity index is 1.99. The molecule has 196 valence electrons. The predicted octanol–water partition coefficient (Wildman–Crippen LogP) is 1.49. The number of nitrogens with two attached hydrogens (primary N) is 1. The lowest BCUT2D eigenvalue weighted by Crippen LogP contribution is -2.79. The van der Waals surface area contributed by atoms with Gasteiger partial charge in [-0.2, -0.15) is 0 Å². The smallest absolute Gasteiger partial charge is 0.230 e. The van der Waals surface area contributed by atoms with Crippen LogP contribution in [0.3, 0.4) is 0 Å². The summed E-state index contributed by atoms with van der Waals surface area (Å²) in [6.45, 7) is 8.65. The van der Waals surface area contributed by atoms with Gasteiger partial charge in [-0.05, 0) is 59.8 Å². The van der Waals surface area contributed by atoms with Crippen molar-refractivity contribution in [2.24, 2.45) is 40.2 Å². The highest BCUT2D eigenvalue weighted by Gasteiger charge is 2.75. The van der Waals surface area contributed by atoms with E-state index < -0.39 is 63.9 Å². The fourth-order valence-electron chi connectivity index (χ4n) is 7.97. The van der Waals surface area contributed by atoms with Crippen LogP contribution in [0.4, 0.5) is 0 Å². The molecule has 4 rings (SSSR count). The molecule has 7 N–H and O–H groups in total. The third-order valence-electron chi connectivity index (χ3n) is 9.28. The number of primary amides is 1. The standard InChI is InChI=1S/C27H35NO8/c1-11(2)18-21(32)17(24(28)35)22(33)27(36)23(34)19-20(31)16-14(8-25(19,4)10-26(18,27)5)13(12(3)9-29)6-7-15(16)30/h6-7,9,11,17-19,21,23,29-30,32,34,36H,8,10H2,1-5H3,(H2,28,35)/b12-9-/t17-,18+,19-,21?,23?,25-,26-,27+/m1/s1. The maximum absolute atomic E-state index is 13.9. The molecule has 0 aromatic heterocycles. The van der Waals surface area contributed by atoms with Crippen LogP contribution in [0.5, 0.6) is 5.75 Å². The molecule has 3 aliphatic rings. The summed E-state index contributed by atoms with van der Waals surface area (Å²) >= 11 is 0. The number of phenolic OH excluding ortho intramolecular Hbond substituents is 1. The third-order valence-corrected chi connectivity index (χ3v) is 9.28. The topological polar surface area (TPSA) is 178 Å². The van der Waals surface area contributed by atoms with Crippen LogP contribution in [0, 0.1) is 34.5 Å². The summed E-state index contributed by atoms with van der Waals surface area (Å²) in [4.78, 5) is 39.8. The van der Waals surface area contributed by atoms with Gasteiger partial charge in [0.25, 0.3) is 0 Å². The van der Waals surface area contributed by atoms with E-state index >= 15 is 0 Å². The lowest BCUT2D eigenvalue weighted by Gasteiger charge is -2.66. The molecule has 8 atom stereocenters. The van der Waals surface area contributed by atoms with Gasteiger partial charge < -0.3 is 31.3 Å². The van der Waals surface area contributed by atoms with Crippen LogP contribution in [-0.2, 0) is 16.0 Å². The highest BCUT2D eigenvalue weighted by molar-refractivity contribution is 6.09. The minimum absolute atomic E-state index is 0.0300. The summed E-state index contributed by atoms with van der Waals surface area (Å²) < 4.78 is 0. The number of aromatic hydroxyl groups is 1. The molecular formula is C27H35NO8. The summed E-state index contributed by atoms with van der Waals surface area (Å²) in [5, 5.41) is 55.2. The third kappa shape index (κ3) is 3.09. The summed E-state index contributed by atoms with van der Waals surface area (Å²) in [6.07, 6.45) is -2.21. The summed E-state index contributed by atoms with van der Waals surface area (Å²) in [6, 6.07) is 2.93. The molecular weight excluding hydrogens is 466 g/mol. The lowest BCUT2D eigenvalue weighted by molar-refractivity contribution is -0.265. The molecule has 1 aromatic carbocycles. The Labute approximate surface area is 209 Å². The summed E-state index contributed by atoms with van der Waals surface area (Å²) in [7, 11) is 0. The van der Waals surface area contributed by atoms with E-state index in [1.807, 2.05) is 0 Å². The molecule has 36 heavy (non-hydrogen) atoms. The number of ketones is 2. The fourth-order valence-corrected chi connectivity index (χ4v) is 7.97. The van der Waals surface area contributed by atoms with Crippen LogP contribution >= 0.6 is 0 Å². The fraction of sp³-hybridized carbons (Fsp3) is 0.593. The van der Waals surface area contributed by atoms with Gasteiger partial charge in [0.05, 0.1) is 23.8 Å². The number of hydrogen-bond donors (Lipinski definition) is 6. The number of fused-ring (bicyclic) bond motifs is 3. The number of carbonyl (C=O) groups excluding carboxylic acids is 3. The van der Waals surface area contributed by atoms with Crippen molar-refractivity contribution < 1.29 is 39.9 Å². The van der Waals surface area contributed by atoms with E-state index in [0.29, 0.717) is 16.7 Å². The van der Waals surface area contributed by atoms with Crippen molar-refractivity contribution in [3.05, 3.63) is 35.1 Å². The number of allylic oxidation sites excluding steroid dienone is 1. The first-order valence-electron chi connectivity index (χ1n) is 12.2. The average molecular weight is 502 g/mol. The number of phenols is 1. The summed E-state index contributed by atoms with van der Waals surface area (Å²) in [5.74, 6) is -7.27. The molecule has 1 aromatic rings. The Bertz CT molecular complexity index is 1190. The van der Waals surface area contributed by atoms with Gasteiger partial charge >= 0.3 is 0 Å². The quantitative estimate of drug-likeness (QED) is 0.266. The van der Waals surface area contributed by atoms with E-state index in [1.165, 1.54) is 6.07 Å².